The van der Waals surface area contributed by atoms with Crippen molar-refractivity contribution in [3.05, 3.63) is 62.8 Å². The van der Waals surface area contributed by atoms with E-state index in [0.29, 0.717) is 12.1 Å². The third-order valence-corrected chi connectivity index (χ3v) is 6.14. The van der Waals surface area contributed by atoms with Gasteiger partial charge in [0.05, 0.1) is 38.7 Å². The van der Waals surface area contributed by atoms with Crippen LogP contribution in [0.5, 0.6) is 0 Å². The highest BCUT2D eigenvalue weighted by Crippen LogP contribution is 2.32. The maximum Gasteiger partial charge on any atom is 0.449 e. The minimum Gasteiger partial charge on any atom is -0.379 e. The number of nitrogens with two attached hydrogens (primary N) is 1. The van der Waals surface area contributed by atoms with E-state index in [0.717, 1.165) is 4.57 Å². The van der Waals surface area contributed by atoms with E-state index in [1.807, 2.05) is 0 Å². The molecule has 0 spiro atoms. The fraction of sp³-hybridized carbons (Fsp3) is 0.542. The van der Waals surface area contributed by atoms with Gasteiger partial charge in [0, 0.05) is 49.6 Å². The molecule has 3 N–H and O–H groups in total. The molecule has 2 amide bonds. The first-order chi connectivity index (χ1) is 19.9. The lowest BCUT2D eigenvalue weighted by atomic mass is 10.0. The van der Waals surface area contributed by atoms with Crippen LogP contribution < -0.4 is 11.1 Å². The van der Waals surface area contributed by atoms with Crippen LogP contribution in [-0.4, -0.2) is 78.4 Å². The lowest BCUT2D eigenvalue weighted by Gasteiger charge is -2.30. The Kier molecular flexibility index (Phi) is 11.6. The van der Waals surface area contributed by atoms with E-state index in [-0.39, 0.29) is 83.3 Å². The van der Waals surface area contributed by atoms with Gasteiger partial charge in [0.1, 0.15) is 5.82 Å². The van der Waals surface area contributed by atoms with Gasteiger partial charge in [-0.3, -0.25) is 9.59 Å². The maximum atomic E-state index is 14.0. The van der Waals surface area contributed by atoms with E-state index in [1.165, 1.54) is 4.90 Å². The van der Waals surface area contributed by atoms with Gasteiger partial charge in [0.15, 0.2) is 17.3 Å². The highest BCUT2D eigenvalue weighted by atomic mass is 19.4. The first kappa shape index (κ1) is 32.7. The molecular weight excluding hydrogens is 578 g/mol. The van der Waals surface area contributed by atoms with Crippen LogP contribution >= 0.6 is 0 Å². The second kappa shape index (κ2) is 14.9. The van der Waals surface area contributed by atoms with Crippen molar-refractivity contribution in [1.82, 2.24) is 19.8 Å². The SMILES string of the molecule is [N-]=[N+]=NCCOCCOCCNC(=O)c1nc(C(F)(F)F)n2c1CN(C(=O)C[C@H](N)Cc1cc(F)c(F)cc1F)CC2. The summed E-state index contributed by atoms with van der Waals surface area (Å²) in [6.45, 7) is -0.125. The number of ether oxygens (including phenoxy) is 2. The molecule has 2 heterocycles. The molecule has 1 aromatic heterocycles. The molecule has 1 atom stereocenters. The van der Waals surface area contributed by atoms with Gasteiger partial charge < -0.3 is 30.0 Å². The molecule has 0 unspecified atom stereocenters. The van der Waals surface area contributed by atoms with Crippen molar-refractivity contribution >= 4 is 11.8 Å². The summed E-state index contributed by atoms with van der Waals surface area (Å²) >= 11 is 0. The molecule has 18 heteroatoms. The number of imidazole rings is 1. The summed E-state index contributed by atoms with van der Waals surface area (Å²) < 4.78 is 92.8. The number of nitrogens with one attached hydrogen (secondary N) is 1. The summed E-state index contributed by atoms with van der Waals surface area (Å²) in [5.74, 6) is -6.46. The Balaban J connectivity index is 1.59. The topological polar surface area (TPSA) is 160 Å². The van der Waals surface area contributed by atoms with Crippen LogP contribution in [0.1, 0.15) is 34.0 Å². The molecule has 0 radical (unpaired) electrons. The fourth-order valence-corrected chi connectivity index (χ4v) is 4.20. The van der Waals surface area contributed by atoms with E-state index in [9.17, 15) is 35.9 Å². The minimum absolute atomic E-state index is 0.0225. The number of nitrogens with zero attached hydrogens (tertiary/aromatic N) is 6. The van der Waals surface area contributed by atoms with Gasteiger partial charge in [-0.1, -0.05) is 5.11 Å². The summed E-state index contributed by atoms with van der Waals surface area (Å²) in [4.78, 5) is 32.9. The summed E-state index contributed by atoms with van der Waals surface area (Å²) in [5.41, 5.74) is 13.2. The van der Waals surface area contributed by atoms with Crippen LogP contribution in [0.4, 0.5) is 26.3 Å². The predicted octanol–water partition coefficient (Wildman–Crippen LogP) is 2.69. The van der Waals surface area contributed by atoms with E-state index in [4.69, 9.17) is 20.7 Å². The molecule has 0 saturated heterocycles. The smallest absolute Gasteiger partial charge is 0.379 e. The first-order valence-corrected chi connectivity index (χ1v) is 12.7. The number of amides is 2. The monoisotopic (exact) mass is 606 g/mol. The molecular formula is C24H28F6N8O4. The number of fused-ring (bicyclic) bond motifs is 1. The number of aromatic nitrogens is 2. The van der Waals surface area contributed by atoms with Crippen molar-refractivity contribution < 1.29 is 45.4 Å². The van der Waals surface area contributed by atoms with Crippen molar-refractivity contribution in [2.45, 2.75) is 38.1 Å². The minimum atomic E-state index is -4.86. The molecule has 42 heavy (non-hydrogen) atoms. The second-order valence-electron chi connectivity index (χ2n) is 9.16. The highest BCUT2D eigenvalue weighted by molar-refractivity contribution is 5.93. The number of halogens is 6. The Hall–Kier alpha value is -3.86. The number of azide groups is 1. The van der Waals surface area contributed by atoms with Crippen LogP contribution in [0.25, 0.3) is 10.4 Å². The zero-order valence-corrected chi connectivity index (χ0v) is 22.2. The van der Waals surface area contributed by atoms with Gasteiger partial charge in [-0.15, -0.1) is 0 Å². The van der Waals surface area contributed by atoms with E-state index >= 15 is 0 Å². The summed E-state index contributed by atoms with van der Waals surface area (Å²) in [7, 11) is 0. The average Bonchev–Trinajstić information content (AvgIpc) is 3.32. The lowest BCUT2D eigenvalue weighted by molar-refractivity contribution is -0.148. The van der Waals surface area contributed by atoms with Crippen LogP contribution in [-0.2, 0) is 40.0 Å². The number of alkyl halides is 3. The largest absolute Gasteiger partial charge is 0.449 e. The number of rotatable bonds is 14. The lowest BCUT2D eigenvalue weighted by Crippen LogP contribution is -2.42. The molecule has 230 valence electrons. The van der Waals surface area contributed by atoms with Gasteiger partial charge in [0.2, 0.25) is 11.7 Å². The Bertz CT molecular complexity index is 1310. The number of carbonyl (C=O) groups is 2. The average molecular weight is 607 g/mol. The summed E-state index contributed by atoms with van der Waals surface area (Å²) in [5, 5.41) is 5.72. The second-order valence-corrected chi connectivity index (χ2v) is 9.16. The van der Waals surface area contributed by atoms with Gasteiger partial charge in [-0.25, -0.2) is 18.2 Å². The quantitative estimate of drug-likeness (QED) is 0.0840. The molecule has 0 fully saturated rings. The Morgan fingerprint density at radius 2 is 1.79 bits per heavy atom. The molecule has 0 bridgehead atoms. The van der Waals surface area contributed by atoms with Crippen LogP contribution in [0.2, 0.25) is 0 Å². The predicted molar refractivity (Wildman–Crippen MR) is 133 cm³/mol. The van der Waals surface area contributed by atoms with Gasteiger partial charge in [-0.2, -0.15) is 13.2 Å². The molecule has 1 aromatic carbocycles. The standard InChI is InChI=1S/C24H28F6N8O4/c25-16-12-18(27)17(26)10-14(16)9-15(31)11-20(39)37-3-4-38-19(13-37)21(35-23(38)24(28,29)30)22(40)33-1-5-41-7-8-42-6-2-34-36-32/h10,12,15H,1-9,11,13,31H2,(H,33,40)/t15-/m1/s1. The molecule has 2 aromatic rings. The molecule has 12 nitrogen and oxygen atoms in total. The summed E-state index contributed by atoms with van der Waals surface area (Å²) in [6.07, 6.45) is -5.53. The van der Waals surface area contributed by atoms with Crippen molar-refractivity contribution in [1.29, 1.82) is 0 Å². The van der Waals surface area contributed by atoms with Crippen LogP contribution in [0, 0.1) is 17.5 Å². The number of hydrogen-bond donors (Lipinski definition) is 2. The summed E-state index contributed by atoms with van der Waals surface area (Å²) in [6, 6.07) is 0.00630. The molecule has 0 aliphatic carbocycles. The van der Waals surface area contributed by atoms with Crippen molar-refractivity contribution in [2.24, 2.45) is 10.8 Å². The van der Waals surface area contributed by atoms with Crippen LogP contribution in [0.3, 0.4) is 0 Å². The first-order valence-electron chi connectivity index (χ1n) is 12.7. The van der Waals surface area contributed by atoms with Crippen LogP contribution in [0.15, 0.2) is 17.2 Å². The van der Waals surface area contributed by atoms with Crippen molar-refractivity contribution in [2.75, 3.05) is 46.1 Å². The molecule has 1 aliphatic rings. The zero-order chi connectivity index (χ0) is 30.9. The molecule has 3 rings (SSSR count). The Labute approximate surface area is 235 Å². The number of hydrogen-bond acceptors (Lipinski definition) is 7. The van der Waals surface area contributed by atoms with E-state index in [2.05, 4.69) is 20.3 Å². The zero-order valence-electron chi connectivity index (χ0n) is 22.2. The van der Waals surface area contributed by atoms with E-state index in [1.54, 1.807) is 0 Å². The third-order valence-electron chi connectivity index (χ3n) is 6.14. The normalized spacial score (nSPS) is 13.8. The Morgan fingerprint density at radius 3 is 2.48 bits per heavy atom. The van der Waals surface area contributed by atoms with E-state index < -0.39 is 53.0 Å². The third kappa shape index (κ3) is 8.82. The van der Waals surface area contributed by atoms with Gasteiger partial charge in [-0.05, 0) is 23.6 Å². The highest BCUT2D eigenvalue weighted by Gasteiger charge is 2.41. The van der Waals surface area contributed by atoms with Gasteiger partial charge in [0.25, 0.3) is 5.91 Å². The molecule has 1 aliphatic heterocycles. The number of benzene rings is 1. The van der Waals surface area contributed by atoms with Crippen molar-refractivity contribution in [3.63, 3.8) is 0 Å². The van der Waals surface area contributed by atoms with Crippen molar-refractivity contribution in [3.8, 4) is 0 Å². The fourth-order valence-electron chi connectivity index (χ4n) is 4.20. The maximum absolute atomic E-state index is 14.0. The number of carbonyl (C=O) groups excluding carboxylic acids is 2. The molecule has 0 saturated carbocycles. The Morgan fingerprint density at radius 1 is 1.10 bits per heavy atom. The van der Waals surface area contributed by atoms with Gasteiger partial charge >= 0.3 is 6.18 Å².